The number of allylic oxidation sites excluding steroid dienone is 1. The third-order valence-corrected chi connectivity index (χ3v) is 7.84. The number of nitriles is 1. The first-order chi connectivity index (χ1) is 20.1. The second kappa shape index (κ2) is 14.6. The summed E-state index contributed by atoms with van der Waals surface area (Å²) in [6.07, 6.45) is 4.25. The smallest absolute Gasteiger partial charge is 0.261 e. The number of amides is 2. The van der Waals surface area contributed by atoms with E-state index in [1.165, 1.54) is 5.56 Å². The van der Waals surface area contributed by atoms with Crippen LogP contribution in [0.5, 0.6) is 0 Å². The van der Waals surface area contributed by atoms with E-state index in [4.69, 9.17) is 4.74 Å². The van der Waals surface area contributed by atoms with Gasteiger partial charge < -0.3 is 20.3 Å². The van der Waals surface area contributed by atoms with Crippen molar-refractivity contribution in [2.24, 2.45) is 5.41 Å². The number of carbonyl (C=O) groups is 2. The molecule has 2 amide bonds. The van der Waals surface area contributed by atoms with E-state index in [0.29, 0.717) is 18.7 Å². The van der Waals surface area contributed by atoms with Crippen LogP contribution in [0.2, 0.25) is 0 Å². The predicted molar refractivity (Wildman–Crippen MR) is 164 cm³/mol. The number of piperazine rings is 1. The van der Waals surface area contributed by atoms with Crippen LogP contribution in [0.3, 0.4) is 0 Å². The van der Waals surface area contributed by atoms with Crippen LogP contribution in [-0.4, -0.2) is 67.0 Å². The van der Waals surface area contributed by atoms with Gasteiger partial charge in [-0.25, -0.2) is 0 Å². The van der Waals surface area contributed by atoms with Crippen LogP contribution in [0.4, 0.5) is 0 Å². The maximum Gasteiger partial charge on any atom is 0.261 e. The fourth-order valence-electron chi connectivity index (χ4n) is 5.46. The van der Waals surface area contributed by atoms with Gasteiger partial charge >= 0.3 is 0 Å². The molecule has 1 aliphatic carbocycles. The van der Waals surface area contributed by atoms with Crippen LogP contribution >= 0.6 is 0 Å². The minimum Gasteiger partial charge on any atom is -0.371 e. The van der Waals surface area contributed by atoms with Crippen molar-refractivity contribution in [1.29, 1.82) is 5.26 Å². The van der Waals surface area contributed by atoms with E-state index in [1.807, 2.05) is 75.4 Å². The number of hydrogen-bond acceptors (Lipinski definition) is 6. The number of ether oxygens (including phenoxy) is 1. The molecule has 0 aromatic heterocycles. The fraction of sp³-hybridized carbons (Fsp3) is 0.500. The Morgan fingerprint density at radius 1 is 1.02 bits per heavy atom. The summed E-state index contributed by atoms with van der Waals surface area (Å²) in [6.45, 7) is 12.0. The SMILES string of the molecule is CN1CCN(Cc2ccc(C(=O)NCc3cccc(COC4CCCC4NC(=O)C(C#N)=CC(C)(C)C)c3)cc2)CC1. The highest BCUT2D eigenvalue weighted by molar-refractivity contribution is 5.97. The number of nitrogens with one attached hydrogen (secondary N) is 2. The monoisotopic (exact) mass is 571 g/mol. The molecule has 0 bridgehead atoms. The zero-order valence-electron chi connectivity index (χ0n) is 25.5. The highest BCUT2D eigenvalue weighted by Gasteiger charge is 2.30. The van der Waals surface area contributed by atoms with Crippen molar-refractivity contribution in [3.63, 3.8) is 0 Å². The standard InChI is InChI=1S/C34H45N5O3/c1-34(2,3)20-29(21-35)33(41)37-30-9-6-10-31(30)42-24-27-8-5-7-26(19-27)22-36-32(40)28-13-11-25(12-14-28)23-39-17-15-38(4)16-18-39/h5,7-8,11-14,19-20,30-31H,6,9-10,15-18,22-24H2,1-4H3,(H,36,40)(H,37,41). The Balaban J connectivity index is 1.24. The molecular formula is C34H45N5O3. The third-order valence-electron chi connectivity index (χ3n) is 7.84. The van der Waals surface area contributed by atoms with Crippen molar-refractivity contribution in [3.8, 4) is 6.07 Å². The molecule has 2 unspecified atom stereocenters. The number of nitrogens with zero attached hydrogens (tertiary/aromatic N) is 3. The molecule has 0 radical (unpaired) electrons. The highest BCUT2D eigenvalue weighted by Crippen LogP contribution is 2.25. The Labute approximate surface area is 250 Å². The quantitative estimate of drug-likeness (QED) is 0.324. The lowest BCUT2D eigenvalue weighted by Gasteiger charge is -2.32. The number of benzene rings is 2. The van der Waals surface area contributed by atoms with Gasteiger partial charge in [-0.05, 0) is 60.5 Å². The van der Waals surface area contributed by atoms with Crippen molar-refractivity contribution in [3.05, 3.63) is 82.4 Å². The van der Waals surface area contributed by atoms with Crippen LogP contribution in [0, 0.1) is 16.7 Å². The number of rotatable bonds is 10. The lowest BCUT2D eigenvalue weighted by atomic mass is 9.93. The van der Waals surface area contributed by atoms with Crippen molar-refractivity contribution < 1.29 is 14.3 Å². The van der Waals surface area contributed by atoms with Crippen LogP contribution in [-0.2, 0) is 29.2 Å². The molecule has 1 saturated heterocycles. The minimum atomic E-state index is -0.338. The normalized spacial score (nSPS) is 20.2. The van der Waals surface area contributed by atoms with E-state index in [-0.39, 0.29) is 34.9 Å². The van der Waals surface area contributed by atoms with Gasteiger partial charge in [0.15, 0.2) is 0 Å². The van der Waals surface area contributed by atoms with Crippen LogP contribution in [0.25, 0.3) is 0 Å². The summed E-state index contributed by atoms with van der Waals surface area (Å²) in [5.41, 5.74) is 3.77. The molecule has 8 nitrogen and oxygen atoms in total. The van der Waals surface area contributed by atoms with Crippen LogP contribution in [0.1, 0.15) is 67.1 Å². The molecule has 2 fully saturated rings. The average molecular weight is 572 g/mol. The maximum absolute atomic E-state index is 12.8. The van der Waals surface area contributed by atoms with Gasteiger partial charge in [0.2, 0.25) is 0 Å². The summed E-state index contributed by atoms with van der Waals surface area (Å²) in [5, 5.41) is 15.5. The molecule has 42 heavy (non-hydrogen) atoms. The molecule has 2 aromatic rings. The Bertz CT molecular complexity index is 1280. The van der Waals surface area contributed by atoms with Crippen LogP contribution in [0.15, 0.2) is 60.2 Å². The van der Waals surface area contributed by atoms with Crippen molar-refractivity contribution in [1.82, 2.24) is 20.4 Å². The molecular weight excluding hydrogens is 526 g/mol. The Hall–Kier alpha value is -3.51. The van der Waals surface area contributed by atoms with Gasteiger partial charge in [0, 0.05) is 44.8 Å². The topological polar surface area (TPSA) is 97.7 Å². The minimum absolute atomic E-state index is 0.0930. The van der Waals surface area contributed by atoms with E-state index in [0.717, 1.165) is 63.1 Å². The van der Waals surface area contributed by atoms with E-state index < -0.39 is 0 Å². The van der Waals surface area contributed by atoms with Gasteiger partial charge in [-0.15, -0.1) is 0 Å². The summed E-state index contributed by atoms with van der Waals surface area (Å²) in [6, 6.07) is 17.8. The molecule has 8 heteroatoms. The van der Waals surface area contributed by atoms with Crippen molar-refractivity contribution in [2.45, 2.75) is 71.9 Å². The van der Waals surface area contributed by atoms with Gasteiger partial charge in [0.25, 0.3) is 11.8 Å². The Morgan fingerprint density at radius 3 is 2.43 bits per heavy atom. The van der Waals surface area contributed by atoms with Gasteiger partial charge in [-0.1, -0.05) is 63.2 Å². The van der Waals surface area contributed by atoms with Gasteiger partial charge in [0.1, 0.15) is 11.6 Å². The summed E-state index contributed by atoms with van der Waals surface area (Å²) < 4.78 is 6.23. The first-order valence-electron chi connectivity index (χ1n) is 15.0. The maximum atomic E-state index is 12.8. The lowest BCUT2D eigenvalue weighted by molar-refractivity contribution is -0.118. The molecule has 224 valence electrons. The highest BCUT2D eigenvalue weighted by atomic mass is 16.5. The number of carbonyl (C=O) groups excluding carboxylic acids is 2. The Morgan fingerprint density at radius 2 is 1.74 bits per heavy atom. The van der Waals surface area contributed by atoms with E-state index in [9.17, 15) is 14.9 Å². The lowest BCUT2D eigenvalue weighted by Crippen LogP contribution is -2.43. The first kappa shape index (κ1) is 31.4. The summed E-state index contributed by atoms with van der Waals surface area (Å²) in [5.74, 6) is -0.431. The van der Waals surface area contributed by atoms with Gasteiger partial charge in [-0.3, -0.25) is 14.5 Å². The number of hydrogen-bond donors (Lipinski definition) is 2. The molecule has 4 rings (SSSR count). The molecule has 0 spiro atoms. The number of likely N-dealkylation sites (N-methyl/N-ethyl adjacent to an activating group) is 1. The van der Waals surface area contributed by atoms with Gasteiger partial charge in [0.05, 0.1) is 18.8 Å². The van der Waals surface area contributed by atoms with Gasteiger partial charge in [-0.2, -0.15) is 5.26 Å². The molecule has 2 N–H and O–H groups in total. The molecule has 2 aromatic carbocycles. The summed E-state index contributed by atoms with van der Waals surface area (Å²) >= 11 is 0. The second-order valence-corrected chi connectivity index (χ2v) is 12.7. The third kappa shape index (κ3) is 9.52. The molecule has 2 aliphatic rings. The second-order valence-electron chi connectivity index (χ2n) is 12.7. The zero-order valence-corrected chi connectivity index (χ0v) is 25.5. The largest absolute Gasteiger partial charge is 0.371 e. The van der Waals surface area contributed by atoms with Crippen LogP contribution < -0.4 is 10.6 Å². The first-order valence-corrected chi connectivity index (χ1v) is 15.0. The fourth-order valence-corrected chi connectivity index (χ4v) is 5.46. The van der Waals surface area contributed by atoms with E-state index in [2.05, 4.69) is 27.5 Å². The molecule has 1 aliphatic heterocycles. The van der Waals surface area contributed by atoms with Crippen molar-refractivity contribution in [2.75, 3.05) is 33.2 Å². The predicted octanol–water partition coefficient (Wildman–Crippen LogP) is 4.41. The Kier molecular flexibility index (Phi) is 10.9. The van der Waals surface area contributed by atoms with E-state index >= 15 is 0 Å². The van der Waals surface area contributed by atoms with Crippen molar-refractivity contribution >= 4 is 11.8 Å². The molecule has 1 heterocycles. The molecule has 1 saturated carbocycles. The van der Waals surface area contributed by atoms with E-state index in [1.54, 1.807) is 6.08 Å². The molecule has 2 atom stereocenters. The summed E-state index contributed by atoms with van der Waals surface area (Å²) in [7, 11) is 2.16. The summed E-state index contributed by atoms with van der Waals surface area (Å²) in [4.78, 5) is 30.3. The zero-order chi connectivity index (χ0) is 30.1. The average Bonchev–Trinajstić information content (AvgIpc) is 3.41.